The maximum atomic E-state index is 10.6. The van der Waals surface area contributed by atoms with Crippen LogP contribution in [0.3, 0.4) is 0 Å². The van der Waals surface area contributed by atoms with Crippen LogP contribution in [0, 0.1) is 0 Å². The van der Waals surface area contributed by atoms with Crippen LogP contribution in [0.15, 0.2) is 0 Å². The fourth-order valence-corrected chi connectivity index (χ4v) is 0.388. The summed E-state index contributed by atoms with van der Waals surface area (Å²) in [6, 6.07) is 0. The van der Waals surface area contributed by atoms with Gasteiger partial charge in [0.15, 0.2) is 0 Å². The third kappa shape index (κ3) is 4.75. The second kappa shape index (κ2) is 5.09. The fraction of sp³-hybridized carbons (Fsp3) is 0.857. The topological polar surface area (TPSA) is 55.8 Å². The summed E-state index contributed by atoms with van der Waals surface area (Å²) >= 11 is 0. The van der Waals surface area contributed by atoms with E-state index < -0.39 is 12.1 Å². The standard InChI is InChI=1S/C7H14O4/c1-5(10-3)4-11-7(9)6(2)8/h5-6,8H,4H2,1-3H3. The van der Waals surface area contributed by atoms with Crippen LogP contribution >= 0.6 is 0 Å². The third-order valence-electron chi connectivity index (χ3n) is 1.20. The first-order valence-corrected chi connectivity index (χ1v) is 3.45. The molecule has 11 heavy (non-hydrogen) atoms. The molecule has 4 heteroatoms. The Balaban J connectivity index is 3.46. The zero-order valence-corrected chi connectivity index (χ0v) is 7.03. The number of carbonyl (C=O) groups is 1. The number of aliphatic hydroxyl groups is 1. The van der Waals surface area contributed by atoms with Gasteiger partial charge >= 0.3 is 5.97 Å². The van der Waals surface area contributed by atoms with Gasteiger partial charge in [0.25, 0.3) is 0 Å². The third-order valence-corrected chi connectivity index (χ3v) is 1.20. The van der Waals surface area contributed by atoms with E-state index in [1.807, 2.05) is 0 Å². The van der Waals surface area contributed by atoms with Gasteiger partial charge in [-0.25, -0.2) is 4.79 Å². The van der Waals surface area contributed by atoms with Gasteiger partial charge in [-0.05, 0) is 13.8 Å². The zero-order chi connectivity index (χ0) is 8.85. The Morgan fingerprint density at radius 2 is 2.09 bits per heavy atom. The van der Waals surface area contributed by atoms with Crippen LogP contribution in [-0.4, -0.2) is 37.0 Å². The Morgan fingerprint density at radius 1 is 1.55 bits per heavy atom. The lowest BCUT2D eigenvalue weighted by Gasteiger charge is -2.10. The number of methoxy groups -OCH3 is 1. The van der Waals surface area contributed by atoms with E-state index in [1.54, 1.807) is 6.92 Å². The molecule has 0 radical (unpaired) electrons. The normalized spacial score (nSPS) is 15.6. The predicted molar refractivity (Wildman–Crippen MR) is 39.1 cm³/mol. The van der Waals surface area contributed by atoms with Crippen molar-refractivity contribution in [3.63, 3.8) is 0 Å². The average molecular weight is 162 g/mol. The Morgan fingerprint density at radius 3 is 2.45 bits per heavy atom. The zero-order valence-electron chi connectivity index (χ0n) is 7.03. The SMILES string of the molecule is COC(C)COC(=O)C(C)O. The van der Waals surface area contributed by atoms with E-state index in [1.165, 1.54) is 14.0 Å². The molecule has 1 N–H and O–H groups in total. The van der Waals surface area contributed by atoms with Gasteiger partial charge in [-0.2, -0.15) is 0 Å². The van der Waals surface area contributed by atoms with E-state index in [4.69, 9.17) is 9.84 Å². The summed E-state index contributed by atoms with van der Waals surface area (Å²) in [7, 11) is 1.53. The van der Waals surface area contributed by atoms with Gasteiger partial charge in [-0.15, -0.1) is 0 Å². The van der Waals surface area contributed by atoms with Crippen molar-refractivity contribution < 1.29 is 19.4 Å². The molecule has 0 aliphatic rings. The largest absolute Gasteiger partial charge is 0.461 e. The van der Waals surface area contributed by atoms with Gasteiger partial charge in [-0.1, -0.05) is 0 Å². The minimum atomic E-state index is -1.06. The second-order valence-electron chi connectivity index (χ2n) is 2.35. The molecule has 66 valence electrons. The highest BCUT2D eigenvalue weighted by Gasteiger charge is 2.11. The van der Waals surface area contributed by atoms with Crippen LogP contribution in [0.25, 0.3) is 0 Å². The highest BCUT2D eigenvalue weighted by atomic mass is 16.6. The summed E-state index contributed by atoms with van der Waals surface area (Å²) in [5.74, 6) is -0.617. The molecule has 0 aliphatic carbocycles. The second-order valence-corrected chi connectivity index (χ2v) is 2.35. The first kappa shape index (κ1) is 10.4. The summed E-state index contributed by atoms with van der Waals surface area (Å²) in [4.78, 5) is 10.6. The van der Waals surface area contributed by atoms with Crippen LogP contribution in [0.1, 0.15) is 13.8 Å². The fourth-order valence-electron chi connectivity index (χ4n) is 0.388. The Kier molecular flexibility index (Phi) is 4.81. The van der Waals surface area contributed by atoms with E-state index in [2.05, 4.69) is 4.74 Å². The van der Waals surface area contributed by atoms with Gasteiger partial charge in [-0.3, -0.25) is 0 Å². The van der Waals surface area contributed by atoms with Crippen molar-refractivity contribution in [1.82, 2.24) is 0 Å². The minimum Gasteiger partial charge on any atom is -0.461 e. The summed E-state index contributed by atoms with van der Waals surface area (Å²) in [5.41, 5.74) is 0. The van der Waals surface area contributed by atoms with Crippen LogP contribution < -0.4 is 0 Å². The van der Waals surface area contributed by atoms with Crippen LogP contribution in [0.4, 0.5) is 0 Å². The molecular weight excluding hydrogens is 148 g/mol. The van der Waals surface area contributed by atoms with E-state index in [0.29, 0.717) is 0 Å². The van der Waals surface area contributed by atoms with E-state index in [-0.39, 0.29) is 12.7 Å². The molecule has 2 atom stereocenters. The molecule has 0 heterocycles. The lowest BCUT2D eigenvalue weighted by Crippen LogP contribution is -2.24. The maximum Gasteiger partial charge on any atom is 0.334 e. The lowest BCUT2D eigenvalue weighted by atomic mass is 10.4. The molecule has 4 nitrogen and oxygen atoms in total. The first-order chi connectivity index (χ1) is 5.07. The molecule has 0 aromatic heterocycles. The molecule has 2 unspecified atom stereocenters. The molecule has 0 rings (SSSR count). The average Bonchev–Trinajstić information content (AvgIpc) is 1.99. The number of esters is 1. The number of hydrogen-bond donors (Lipinski definition) is 1. The molecule has 0 bridgehead atoms. The molecule has 0 spiro atoms. The minimum absolute atomic E-state index is 0.127. The Bertz CT molecular complexity index is 122. The van der Waals surface area contributed by atoms with Crippen molar-refractivity contribution in [3.05, 3.63) is 0 Å². The van der Waals surface area contributed by atoms with Crippen molar-refractivity contribution in [2.45, 2.75) is 26.1 Å². The molecule has 0 fully saturated rings. The Labute approximate surface area is 66.1 Å². The van der Waals surface area contributed by atoms with Crippen LogP contribution in [-0.2, 0) is 14.3 Å². The van der Waals surface area contributed by atoms with Crippen molar-refractivity contribution in [1.29, 1.82) is 0 Å². The number of aliphatic hydroxyl groups excluding tert-OH is 1. The van der Waals surface area contributed by atoms with E-state index >= 15 is 0 Å². The van der Waals surface area contributed by atoms with Gasteiger partial charge in [0.05, 0.1) is 6.10 Å². The van der Waals surface area contributed by atoms with Crippen LogP contribution in [0.5, 0.6) is 0 Å². The van der Waals surface area contributed by atoms with Crippen LogP contribution in [0.2, 0.25) is 0 Å². The summed E-state index contributed by atoms with van der Waals surface area (Å²) < 4.78 is 9.46. The predicted octanol–water partition coefficient (Wildman–Crippen LogP) is -0.0547. The van der Waals surface area contributed by atoms with Gasteiger partial charge in [0.1, 0.15) is 12.7 Å². The molecule has 0 aromatic rings. The molecule has 0 saturated heterocycles. The number of carbonyl (C=O) groups excluding carboxylic acids is 1. The van der Waals surface area contributed by atoms with Gasteiger partial charge < -0.3 is 14.6 Å². The molecule has 0 aromatic carbocycles. The highest BCUT2D eigenvalue weighted by Crippen LogP contribution is 1.92. The van der Waals surface area contributed by atoms with Gasteiger partial charge in [0, 0.05) is 7.11 Å². The summed E-state index contributed by atoms with van der Waals surface area (Å²) in [5, 5.41) is 8.69. The van der Waals surface area contributed by atoms with Crippen molar-refractivity contribution in [2.24, 2.45) is 0 Å². The highest BCUT2D eigenvalue weighted by molar-refractivity contribution is 5.73. The van der Waals surface area contributed by atoms with E-state index in [0.717, 1.165) is 0 Å². The lowest BCUT2D eigenvalue weighted by molar-refractivity contribution is -0.155. The van der Waals surface area contributed by atoms with Crippen molar-refractivity contribution >= 4 is 5.97 Å². The number of rotatable bonds is 4. The number of hydrogen-bond acceptors (Lipinski definition) is 4. The smallest absolute Gasteiger partial charge is 0.334 e. The molecular formula is C7H14O4. The van der Waals surface area contributed by atoms with Crippen molar-refractivity contribution in [2.75, 3.05) is 13.7 Å². The summed E-state index contributed by atoms with van der Waals surface area (Å²) in [6.07, 6.45) is -1.18. The monoisotopic (exact) mass is 162 g/mol. The maximum absolute atomic E-state index is 10.6. The van der Waals surface area contributed by atoms with Crippen molar-refractivity contribution in [3.8, 4) is 0 Å². The van der Waals surface area contributed by atoms with E-state index in [9.17, 15) is 4.79 Å². The summed E-state index contributed by atoms with van der Waals surface area (Å²) in [6.45, 7) is 3.31. The quantitative estimate of drug-likeness (QED) is 0.589. The van der Waals surface area contributed by atoms with Gasteiger partial charge in [0.2, 0.25) is 0 Å². The first-order valence-electron chi connectivity index (χ1n) is 3.45. The molecule has 0 amide bonds. The molecule has 0 saturated carbocycles. The Hall–Kier alpha value is -0.610. The number of ether oxygens (including phenoxy) is 2. The molecule has 0 aliphatic heterocycles.